The molecule has 0 saturated carbocycles. The third-order valence-corrected chi connectivity index (χ3v) is 2.74. The Morgan fingerprint density at radius 2 is 2.50 bits per heavy atom. The molecule has 0 saturated heterocycles. The van der Waals surface area contributed by atoms with Gasteiger partial charge in [0.15, 0.2) is 0 Å². The molecule has 0 aromatic carbocycles. The Balaban J connectivity index is 1.98. The van der Waals surface area contributed by atoms with E-state index in [2.05, 4.69) is 17.4 Å². The summed E-state index contributed by atoms with van der Waals surface area (Å²) in [5.41, 5.74) is 8.65. The van der Waals surface area contributed by atoms with Crippen molar-refractivity contribution in [3.63, 3.8) is 0 Å². The van der Waals surface area contributed by atoms with E-state index in [9.17, 15) is 0 Å². The minimum absolute atomic E-state index is 0.382. The van der Waals surface area contributed by atoms with Crippen LogP contribution in [0.2, 0.25) is 0 Å². The van der Waals surface area contributed by atoms with Crippen LogP contribution in [0.25, 0.3) is 0 Å². The smallest absolute Gasteiger partial charge is 0.0524 e. The zero-order chi connectivity index (χ0) is 9.97. The summed E-state index contributed by atoms with van der Waals surface area (Å²) >= 11 is 0. The van der Waals surface area contributed by atoms with Crippen molar-refractivity contribution in [2.75, 3.05) is 0 Å². The molecule has 3 nitrogen and oxygen atoms in total. The van der Waals surface area contributed by atoms with E-state index in [1.165, 1.54) is 11.1 Å². The first-order valence-corrected chi connectivity index (χ1v) is 5.15. The van der Waals surface area contributed by atoms with Gasteiger partial charge in [-0.05, 0) is 31.2 Å². The number of aryl methyl sites for hydroxylation is 1. The number of aromatic nitrogens is 2. The lowest BCUT2D eigenvalue weighted by molar-refractivity contribution is 0.583. The van der Waals surface area contributed by atoms with Gasteiger partial charge in [-0.3, -0.25) is 4.68 Å². The zero-order valence-corrected chi connectivity index (χ0v) is 8.61. The normalized spacial score (nSPS) is 22.1. The van der Waals surface area contributed by atoms with Gasteiger partial charge in [-0.15, -0.1) is 0 Å². The Bertz CT molecular complexity index is 338. The van der Waals surface area contributed by atoms with E-state index in [0.717, 1.165) is 25.7 Å². The highest BCUT2D eigenvalue weighted by Gasteiger charge is 2.10. The molecule has 1 aliphatic carbocycles. The lowest BCUT2D eigenvalue weighted by Crippen LogP contribution is -2.22. The van der Waals surface area contributed by atoms with Crippen LogP contribution in [-0.2, 0) is 13.5 Å². The Hall–Kier alpha value is -1.09. The molecular weight excluding hydrogens is 174 g/mol. The van der Waals surface area contributed by atoms with Gasteiger partial charge in [0.05, 0.1) is 6.20 Å². The summed E-state index contributed by atoms with van der Waals surface area (Å²) in [6.07, 6.45) is 10.7. The highest BCUT2D eigenvalue weighted by Crippen LogP contribution is 2.20. The van der Waals surface area contributed by atoms with Crippen LogP contribution in [0.4, 0.5) is 0 Å². The molecule has 1 unspecified atom stereocenters. The second-order valence-corrected chi connectivity index (χ2v) is 4.10. The number of nitrogens with zero attached hydrogens (tertiary/aromatic N) is 2. The molecule has 1 aromatic heterocycles. The van der Waals surface area contributed by atoms with E-state index in [4.69, 9.17) is 5.73 Å². The lowest BCUT2D eigenvalue weighted by Gasteiger charge is -2.17. The van der Waals surface area contributed by atoms with Crippen LogP contribution in [0.3, 0.4) is 0 Å². The minimum atomic E-state index is 0.382. The molecule has 0 aliphatic heterocycles. The second-order valence-electron chi connectivity index (χ2n) is 4.10. The van der Waals surface area contributed by atoms with Crippen LogP contribution in [0.1, 0.15) is 24.8 Å². The van der Waals surface area contributed by atoms with Gasteiger partial charge in [0.1, 0.15) is 0 Å². The maximum Gasteiger partial charge on any atom is 0.0524 e. The van der Waals surface area contributed by atoms with Crippen LogP contribution < -0.4 is 5.73 Å². The summed E-state index contributed by atoms with van der Waals surface area (Å²) in [6.45, 7) is 0. The average molecular weight is 191 g/mol. The number of allylic oxidation sites excluding steroid dienone is 1. The number of nitrogens with two attached hydrogens (primary N) is 1. The van der Waals surface area contributed by atoms with Gasteiger partial charge in [0.25, 0.3) is 0 Å². The Kier molecular flexibility index (Phi) is 2.68. The number of rotatable bonds is 2. The summed E-state index contributed by atoms with van der Waals surface area (Å²) < 4.78 is 1.85. The fourth-order valence-electron chi connectivity index (χ4n) is 1.89. The molecular formula is C11H17N3. The molecule has 0 spiro atoms. The Morgan fingerprint density at radius 1 is 1.64 bits per heavy atom. The Morgan fingerprint density at radius 3 is 3.07 bits per heavy atom. The first-order chi connectivity index (χ1) is 6.74. The van der Waals surface area contributed by atoms with Crippen LogP contribution in [0.5, 0.6) is 0 Å². The fourth-order valence-corrected chi connectivity index (χ4v) is 1.89. The summed E-state index contributed by atoms with van der Waals surface area (Å²) in [7, 11) is 1.95. The van der Waals surface area contributed by atoms with Crippen molar-refractivity contribution in [3.8, 4) is 0 Å². The highest BCUT2D eigenvalue weighted by atomic mass is 15.2. The lowest BCUT2D eigenvalue weighted by atomic mass is 9.92. The van der Waals surface area contributed by atoms with Gasteiger partial charge >= 0.3 is 0 Å². The largest absolute Gasteiger partial charge is 0.327 e. The van der Waals surface area contributed by atoms with Crippen molar-refractivity contribution >= 4 is 0 Å². The predicted molar refractivity (Wildman–Crippen MR) is 56.8 cm³/mol. The first-order valence-electron chi connectivity index (χ1n) is 5.15. The molecule has 0 fully saturated rings. The summed E-state index contributed by atoms with van der Waals surface area (Å²) in [5.74, 6) is 0. The van der Waals surface area contributed by atoms with E-state index in [1.807, 2.05) is 17.9 Å². The van der Waals surface area contributed by atoms with Crippen molar-refractivity contribution < 1.29 is 0 Å². The van der Waals surface area contributed by atoms with Gasteiger partial charge in [-0.1, -0.05) is 11.6 Å². The number of hydrogen-bond acceptors (Lipinski definition) is 2. The van der Waals surface area contributed by atoms with Crippen LogP contribution in [-0.4, -0.2) is 15.8 Å². The van der Waals surface area contributed by atoms with Crippen molar-refractivity contribution in [2.24, 2.45) is 12.8 Å². The van der Waals surface area contributed by atoms with Crippen molar-refractivity contribution in [1.82, 2.24) is 9.78 Å². The van der Waals surface area contributed by atoms with Gasteiger partial charge in [-0.25, -0.2) is 0 Å². The minimum Gasteiger partial charge on any atom is -0.327 e. The molecule has 14 heavy (non-hydrogen) atoms. The monoisotopic (exact) mass is 191 g/mol. The summed E-state index contributed by atoms with van der Waals surface area (Å²) in [5, 5.41) is 4.16. The second kappa shape index (κ2) is 3.96. The SMILES string of the molecule is Cn1cc(CC2=CCC(N)CC2)cn1. The molecule has 1 atom stereocenters. The quantitative estimate of drug-likeness (QED) is 0.718. The Labute approximate surface area is 84.6 Å². The summed E-state index contributed by atoms with van der Waals surface area (Å²) in [4.78, 5) is 0. The van der Waals surface area contributed by atoms with E-state index >= 15 is 0 Å². The van der Waals surface area contributed by atoms with Gasteiger partial charge < -0.3 is 5.73 Å². The van der Waals surface area contributed by atoms with E-state index in [0.29, 0.717) is 6.04 Å². The summed E-state index contributed by atoms with van der Waals surface area (Å²) in [6, 6.07) is 0.382. The predicted octanol–water partition coefficient (Wildman–Crippen LogP) is 1.40. The molecule has 2 rings (SSSR count). The van der Waals surface area contributed by atoms with E-state index < -0.39 is 0 Å². The standard InChI is InChI=1S/C11H17N3/c1-14-8-10(7-13-14)6-9-2-4-11(12)5-3-9/h2,7-8,11H,3-6,12H2,1H3. The zero-order valence-electron chi connectivity index (χ0n) is 8.61. The van der Waals surface area contributed by atoms with Crippen LogP contribution in [0.15, 0.2) is 24.0 Å². The highest BCUT2D eigenvalue weighted by molar-refractivity contribution is 5.18. The van der Waals surface area contributed by atoms with Crippen LogP contribution >= 0.6 is 0 Å². The topological polar surface area (TPSA) is 43.8 Å². The van der Waals surface area contributed by atoms with Crippen molar-refractivity contribution in [3.05, 3.63) is 29.6 Å². The van der Waals surface area contributed by atoms with Crippen LogP contribution in [0, 0.1) is 0 Å². The van der Waals surface area contributed by atoms with Crippen molar-refractivity contribution in [1.29, 1.82) is 0 Å². The third kappa shape index (κ3) is 2.23. The van der Waals surface area contributed by atoms with E-state index in [-0.39, 0.29) is 0 Å². The van der Waals surface area contributed by atoms with Gasteiger partial charge in [-0.2, -0.15) is 5.10 Å². The molecule has 1 aromatic rings. The molecule has 0 amide bonds. The fraction of sp³-hybridized carbons (Fsp3) is 0.545. The molecule has 1 aliphatic rings. The van der Waals surface area contributed by atoms with Gasteiger partial charge in [0.2, 0.25) is 0 Å². The average Bonchev–Trinajstić information content (AvgIpc) is 2.56. The molecule has 3 heteroatoms. The third-order valence-electron chi connectivity index (χ3n) is 2.74. The van der Waals surface area contributed by atoms with Crippen molar-refractivity contribution in [2.45, 2.75) is 31.7 Å². The van der Waals surface area contributed by atoms with E-state index in [1.54, 1.807) is 0 Å². The maximum atomic E-state index is 5.83. The molecule has 76 valence electrons. The first kappa shape index (κ1) is 9.46. The molecule has 0 bridgehead atoms. The molecule has 1 heterocycles. The van der Waals surface area contributed by atoms with Gasteiger partial charge in [0, 0.05) is 19.3 Å². The number of hydrogen-bond donors (Lipinski definition) is 1. The maximum absolute atomic E-state index is 5.83. The molecule has 2 N–H and O–H groups in total. The molecule has 0 radical (unpaired) electrons.